The van der Waals surface area contributed by atoms with Gasteiger partial charge in [0.05, 0.1) is 18.0 Å². The molecule has 1 aliphatic rings. The summed E-state index contributed by atoms with van der Waals surface area (Å²) in [6.07, 6.45) is 3.71. The van der Waals surface area contributed by atoms with Gasteiger partial charge in [-0.1, -0.05) is 0 Å². The summed E-state index contributed by atoms with van der Waals surface area (Å²) in [6.45, 7) is 2.37. The van der Waals surface area contributed by atoms with Crippen LogP contribution in [0.2, 0.25) is 0 Å². The van der Waals surface area contributed by atoms with Gasteiger partial charge in [0.25, 0.3) is 0 Å². The number of fused-ring (bicyclic) bond motifs is 2. The summed E-state index contributed by atoms with van der Waals surface area (Å²) < 4.78 is 57.2. The monoisotopic (exact) mass is 500 g/mol. The maximum absolute atomic E-state index is 15.1. The minimum atomic E-state index is -3.42. The molecule has 0 saturated carbocycles. The Morgan fingerprint density at radius 2 is 1.94 bits per heavy atom. The molecule has 35 heavy (non-hydrogen) atoms. The SMILES string of the molecule is COc1cc2c(Oc3ccc4[nH]c(C)cc4c3F)ncnc2cc1OC[C@@]1(S(C)(=O)=O)CCCN1. The highest BCUT2D eigenvalue weighted by Crippen LogP contribution is 2.38. The van der Waals surface area contributed by atoms with Gasteiger partial charge in [-0.2, -0.15) is 0 Å². The minimum Gasteiger partial charge on any atom is -0.493 e. The van der Waals surface area contributed by atoms with Crippen LogP contribution in [-0.4, -0.2) is 54.8 Å². The summed E-state index contributed by atoms with van der Waals surface area (Å²) in [7, 11) is -1.94. The zero-order chi connectivity index (χ0) is 24.8. The minimum absolute atomic E-state index is 0.0261. The number of benzene rings is 2. The van der Waals surface area contributed by atoms with E-state index in [9.17, 15) is 8.42 Å². The van der Waals surface area contributed by atoms with E-state index in [1.165, 1.54) is 25.8 Å². The first kappa shape index (κ1) is 23.3. The Kier molecular flexibility index (Phi) is 5.76. The summed E-state index contributed by atoms with van der Waals surface area (Å²) in [5.41, 5.74) is 1.98. The van der Waals surface area contributed by atoms with Gasteiger partial charge in [-0.3, -0.25) is 5.32 Å². The number of nitrogens with zero attached hydrogens (tertiary/aromatic N) is 2. The predicted octanol–water partition coefficient (Wildman–Crippen LogP) is 3.86. The molecule has 0 aliphatic carbocycles. The molecule has 4 aromatic rings. The smallest absolute Gasteiger partial charge is 0.230 e. The zero-order valence-electron chi connectivity index (χ0n) is 19.5. The van der Waals surface area contributed by atoms with Gasteiger partial charge in [-0.05, 0) is 50.6 Å². The van der Waals surface area contributed by atoms with Gasteiger partial charge in [0, 0.05) is 28.9 Å². The summed E-state index contributed by atoms with van der Waals surface area (Å²) >= 11 is 0. The predicted molar refractivity (Wildman–Crippen MR) is 129 cm³/mol. The van der Waals surface area contributed by atoms with Crippen molar-refractivity contribution in [3.8, 4) is 23.1 Å². The van der Waals surface area contributed by atoms with Gasteiger partial charge in [0.1, 0.15) is 12.9 Å². The summed E-state index contributed by atoms with van der Waals surface area (Å²) in [5, 5.41) is 3.98. The molecule has 0 bridgehead atoms. The van der Waals surface area contributed by atoms with Crippen molar-refractivity contribution >= 4 is 31.6 Å². The maximum Gasteiger partial charge on any atom is 0.230 e. The second-order valence-electron chi connectivity index (χ2n) is 8.68. The lowest BCUT2D eigenvalue weighted by atomic mass is 10.2. The number of hydrogen-bond acceptors (Lipinski definition) is 8. The van der Waals surface area contributed by atoms with E-state index in [2.05, 4.69) is 20.3 Å². The molecule has 0 spiro atoms. The number of sulfone groups is 1. The molecular weight excluding hydrogens is 475 g/mol. The van der Waals surface area contributed by atoms with Gasteiger partial charge >= 0.3 is 0 Å². The molecule has 2 aromatic heterocycles. The van der Waals surface area contributed by atoms with Crippen LogP contribution >= 0.6 is 0 Å². The standard InChI is InChI=1S/C24H25FN4O5S/c1-14-9-15-17(29-14)5-6-19(22(15)25)34-23-16-10-20(32-2)21(11-18(16)26-13-27-23)33-12-24(35(3,30)31)7-4-8-28-24/h5-6,9-11,13,28-29H,4,7-8,12H2,1-3H3/t24-/m0/s1. The second-order valence-corrected chi connectivity index (χ2v) is 11.0. The third-order valence-electron chi connectivity index (χ3n) is 6.30. The molecular formula is C24H25FN4O5S. The fourth-order valence-electron chi connectivity index (χ4n) is 4.38. The largest absolute Gasteiger partial charge is 0.493 e. The van der Waals surface area contributed by atoms with E-state index in [0.29, 0.717) is 46.3 Å². The first-order chi connectivity index (χ1) is 16.7. The van der Waals surface area contributed by atoms with Crippen LogP contribution in [0, 0.1) is 12.7 Å². The van der Waals surface area contributed by atoms with Crippen molar-refractivity contribution in [3.63, 3.8) is 0 Å². The van der Waals surface area contributed by atoms with Crippen LogP contribution in [0.4, 0.5) is 4.39 Å². The second kappa shape index (κ2) is 8.65. The Morgan fingerprint density at radius 1 is 1.11 bits per heavy atom. The number of nitrogens with one attached hydrogen (secondary N) is 2. The summed E-state index contributed by atoms with van der Waals surface area (Å²) in [6, 6.07) is 8.25. The number of ether oxygens (including phenoxy) is 3. The van der Waals surface area contributed by atoms with Crippen LogP contribution in [0.25, 0.3) is 21.8 Å². The number of methoxy groups -OCH3 is 1. The summed E-state index contributed by atoms with van der Waals surface area (Å²) in [4.78, 5) is 10.4. The molecule has 1 atom stereocenters. The normalized spacial score (nSPS) is 18.3. The summed E-state index contributed by atoms with van der Waals surface area (Å²) in [5.74, 6) is 0.349. The van der Waals surface area contributed by atoms with Crippen LogP contribution in [-0.2, 0) is 9.84 Å². The van der Waals surface area contributed by atoms with Crippen molar-refractivity contribution in [2.75, 3.05) is 26.5 Å². The Hall–Kier alpha value is -3.44. The Balaban J connectivity index is 1.49. The molecule has 0 amide bonds. The van der Waals surface area contributed by atoms with Crippen LogP contribution in [0.15, 0.2) is 36.7 Å². The van der Waals surface area contributed by atoms with Gasteiger partial charge < -0.3 is 19.2 Å². The number of rotatable bonds is 7. The van der Waals surface area contributed by atoms with Crippen molar-refractivity contribution < 1.29 is 27.0 Å². The van der Waals surface area contributed by atoms with Gasteiger partial charge in [0.2, 0.25) is 5.88 Å². The molecule has 1 aliphatic heterocycles. The van der Waals surface area contributed by atoms with E-state index in [-0.39, 0.29) is 18.2 Å². The molecule has 1 saturated heterocycles. The zero-order valence-corrected chi connectivity index (χ0v) is 20.3. The van der Waals surface area contributed by atoms with Crippen LogP contribution < -0.4 is 19.5 Å². The highest BCUT2D eigenvalue weighted by Gasteiger charge is 2.44. The average Bonchev–Trinajstić information content (AvgIpc) is 3.46. The van der Waals surface area contributed by atoms with E-state index in [1.807, 2.05) is 6.92 Å². The number of aromatic amines is 1. The third-order valence-corrected chi connectivity index (χ3v) is 8.19. The molecule has 0 radical (unpaired) electrons. The highest BCUT2D eigenvalue weighted by molar-refractivity contribution is 7.92. The Morgan fingerprint density at radius 3 is 2.66 bits per heavy atom. The number of hydrogen-bond donors (Lipinski definition) is 2. The fraction of sp³-hybridized carbons (Fsp3) is 0.333. The molecule has 0 unspecified atom stereocenters. The molecule has 1 fully saturated rings. The van der Waals surface area contributed by atoms with Crippen molar-refractivity contribution in [1.82, 2.24) is 20.3 Å². The molecule has 2 aromatic carbocycles. The first-order valence-electron chi connectivity index (χ1n) is 11.1. The van der Waals surface area contributed by atoms with E-state index in [0.717, 1.165) is 12.1 Å². The maximum atomic E-state index is 15.1. The van der Waals surface area contributed by atoms with E-state index in [4.69, 9.17) is 14.2 Å². The molecule has 11 heteroatoms. The lowest BCUT2D eigenvalue weighted by Gasteiger charge is -2.27. The molecule has 9 nitrogen and oxygen atoms in total. The van der Waals surface area contributed by atoms with Gasteiger partial charge in [0.15, 0.2) is 37.8 Å². The van der Waals surface area contributed by atoms with E-state index in [1.54, 1.807) is 24.3 Å². The number of aryl methyl sites for hydroxylation is 1. The lowest BCUT2D eigenvalue weighted by Crippen LogP contribution is -2.51. The van der Waals surface area contributed by atoms with Crippen molar-refractivity contribution in [2.24, 2.45) is 0 Å². The average molecular weight is 501 g/mol. The van der Waals surface area contributed by atoms with Crippen LogP contribution in [0.5, 0.6) is 23.1 Å². The molecule has 184 valence electrons. The topological polar surface area (TPSA) is 115 Å². The molecule has 5 rings (SSSR count). The third kappa shape index (κ3) is 4.14. The first-order valence-corrected chi connectivity index (χ1v) is 13.0. The Labute approximate surface area is 201 Å². The van der Waals surface area contributed by atoms with E-state index >= 15 is 4.39 Å². The van der Waals surface area contributed by atoms with Crippen molar-refractivity contribution in [1.29, 1.82) is 0 Å². The number of aromatic nitrogens is 3. The van der Waals surface area contributed by atoms with Gasteiger partial charge in [-0.15, -0.1) is 0 Å². The van der Waals surface area contributed by atoms with Crippen molar-refractivity contribution in [2.45, 2.75) is 24.6 Å². The molecule has 2 N–H and O–H groups in total. The van der Waals surface area contributed by atoms with E-state index < -0.39 is 20.5 Å². The lowest BCUT2D eigenvalue weighted by molar-refractivity contribution is 0.240. The quantitative estimate of drug-likeness (QED) is 0.393. The number of H-pyrrole nitrogens is 1. The fourth-order valence-corrected chi connectivity index (χ4v) is 5.54. The Bertz CT molecular complexity index is 1530. The highest BCUT2D eigenvalue weighted by atomic mass is 32.2. The van der Waals surface area contributed by atoms with Crippen LogP contribution in [0.1, 0.15) is 18.5 Å². The van der Waals surface area contributed by atoms with Crippen LogP contribution in [0.3, 0.4) is 0 Å². The van der Waals surface area contributed by atoms with Crippen molar-refractivity contribution in [3.05, 3.63) is 48.2 Å². The van der Waals surface area contributed by atoms with Gasteiger partial charge in [-0.25, -0.2) is 22.8 Å². The molecule has 3 heterocycles. The number of halogens is 1.